The maximum absolute atomic E-state index is 12.5. The Morgan fingerprint density at radius 2 is 2.20 bits per heavy atom. The first-order valence-corrected chi connectivity index (χ1v) is 8.32. The van der Waals surface area contributed by atoms with E-state index in [0.29, 0.717) is 18.2 Å². The molecule has 2 heterocycles. The van der Waals surface area contributed by atoms with Crippen molar-refractivity contribution in [1.82, 2.24) is 15.1 Å². The van der Waals surface area contributed by atoms with Crippen LogP contribution in [-0.4, -0.2) is 27.6 Å². The first-order chi connectivity index (χ1) is 9.56. The molecule has 1 aromatic heterocycles. The topological polar surface area (TPSA) is 46.9 Å². The third-order valence-electron chi connectivity index (χ3n) is 4.85. The molecule has 3 unspecified atom stereocenters. The lowest BCUT2D eigenvalue weighted by Crippen LogP contribution is -2.38. The average Bonchev–Trinajstić information content (AvgIpc) is 2.95. The smallest absolute Gasteiger partial charge is 0.155 e. The number of fused-ring (bicyclic) bond motifs is 1. The standard InChI is InChI=1S/C15H22BrN3O/c1-9-15(16)13(19(2)18-9)8-14(20)12-7-10-5-3-4-6-11(10)17-12/h10-12,17H,3-8H2,1-2H3. The molecule has 0 spiro atoms. The molecule has 20 heavy (non-hydrogen) atoms. The van der Waals surface area contributed by atoms with E-state index in [2.05, 4.69) is 26.3 Å². The van der Waals surface area contributed by atoms with Crippen molar-refractivity contribution in [2.75, 3.05) is 0 Å². The van der Waals surface area contributed by atoms with E-state index in [-0.39, 0.29) is 6.04 Å². The van der Waals surface area contributed by atoms with Gasteiger partial charge in [-0.15, -0.1) is 0 Å². The van der Waals surface area contributed by atoms with E-state index in [0.717, 1.165) is 28.2 Å². The van der Waals surface area contributed by atoms with Crippen LogP contribution in [0.4, 0.5) is 0 Å². The molecule has 0 aromatic carbocycles. The number of carbonyl (C=O) groups excluding carboxylic acids is 1. The zero-order valence-electron chi connectivity index (χ0n) is 12.2. The number of hydrogen-bond acceptors (Lipinski definition) is 3. The van der Waals surface area contributed by atoms with Crippen LogP contribution in [0.3, 0.4) is 0 Å². The summed E-state index contributed by atoms with van der Waals surface area (Å²) in [7, 11) is 1.90. The van der Waals surface area contributed by atoms with Gasteiger partial charge in [-0.2, -0.15) is 5.10 Å². The normalized spacial score (nSPS) is 29.4. The van der Waals surface area contributed by atoms with Crippen LogP contribution in [0.25, 0.3) is 0 Å². The fourth-order valence-electron chi connectivity index (χ4n) is 3.72. The summed E-state index contributed by atoms with van der Waals surface area (Å²) in [5, 5.41) is 7.92. The van der Waals surface area contributed by atoms with Gasteiger partial charge in [0.1, 0.15) is 0 Å². The first kappa shape index (κ1) is 14.3. The van der Waals surface area contributed by atoms with E-state index >= 15 is 0 Å². The molecule has 0 bridgehead atoms. The monoisotopic (exact) mass is 339 g/mol. The fourth-order valence-corrected chi connectivity index (χ4v) is 4.20. The van der Waals surface area contributed by atoms with Crippen LogP contribution in [0.2, 0.25) is 0 Å². The van der Waals surface area contributed by atoms with Crippen molar-refractivity contribution in [2.45, 2.75) is 57.5 Å². The van der Waals surface area contributed by atoms with Crippen LogP contribution in [0.5, 0.6) is 0 Å². The van der Waals surface area contributed by atoms with Crippen molar-refractivity contribution in [2.24, 2.45) is 13.0 Å². The highest BCUT2D eigenvalue weighted by atomic mass is 79.9. The first-order valence-electron chi connectivity index (χ1n) is 7.53. The molecule has 2 aliphatic rings. The molecule has 3 rings (SSSR count). The Hall–Kier alpha value is -0.680. The molecule has 1 saturated carbocycles. The molecule has 1 aromatic rings. The summed E-state index contributed by atoms with van der Waals surface area (Å²) in [6.45, 7) is 1.96. The zero-order chi connectivity index (χ0) is 14.3. The van der Waals surface area contributed by atoms with E-state index in [4.69, 9.17) is 0 Å². The Balaban J connectivity index is 1.68. The van der Waals surface area contributed by atoms with Crippen molar-refractivity contribution >= 4 is 21.7 Å². The number of carbonyl (C=O) groups is 1. The predicted octanol–water partition coefficient (Wildman–Crippen LogP) is 2.52. The number of Topliss-reactive ketones (excluding diaryl/α,β-unsaturated/α-hetero) is 1. The molecule has 2 fully saturated rings. The minimum absolute atomic E-state index is 0.0465. The number of ketones is 1. The van der Waals surface area contributed by atoms with Crippen LogP contribution in [0.15, 0.2) is 4.47 Å². The Morgan fingerprint density at radius 3 is 2.85 bits per heavy atom. The van der Waals surface area contributed by atoms with Crippen LogP contribution in [0, 0.1) is 12.8 Å². The summed E-state index contributed by atoms with van der Waals surface area (Å²) >= 11 is 3.54. The number of halogens is 1. The van der Waals surface area contributed by atoms with E-state index < -0.39 is 0 Å². The van der Waals surface area contributed by atoms with Gasteiger partial charge in [-0.1, -0.05) is 12.8 Å². The highest BCUT2D eigenvalue weighted by Gasteiger charge is 2.38. The van der Waals surface area contributed by atoms with Gasteiger partial charge in [-0.3, -0.25) is 9.48 Å². The molecule has 0 radical (unpaired) electrons. The third-order valence-corrected chi connectivity index (χ3v) is 5.89. The molecule has 110 valence electrons. The molecular formula is C15H22BrN3O. The van der Waals surface area contributed by atoms with Gasteiger partial charge in [0.25, 0.3) is 0 Å². The van der Waals surface area contributed by atoms with Gasteiger partial charge in [0.2, 0.25) is 0 Å². The molecule has 4 nitrogen and oxygen atoms in total. The number of nitrogens with zero attached hydrogens (tertiary/aromatic N) is 2. The molecule has 3 atom stereocenters. The minimum atomic E-state index is 0.0465. The highest BCUT2D eigenvalue weighted by molar-refractivity contribution is 9.10. The lowest BCUT2D eigenvalue weighted by Gasteiger charge is -2.24. The van der Waals surface area contributed by atoms with Crippen LogP contribution < -0.4 is 5.32 Å². The third kappa shape index (κ3) is 2.58. The SMILES string of the molecule is Cc1nn(C)c(CC(=O)C2CC3CCCCC3N2)c1Br. The van der Waals surface area contributed by atoms with Crippen molar-refractivity contribution in [3.63, 3.8) is 0 Å². The summed E-state index contributed by atoms with van der Waals surface area (Å²) < 4.78 is 2.79. The zero-order valence-corrected chi connectivity index (χ0v) is 13.7. The van der Waals surface area contributed by atoms with E-state index in [9.17, 15) is 4.79 Å². The summed E-state index contributed by atoms with van der Waals surface area (Å²) in [5.74, 6) is 1.03. The Labute approximate surface area is 128 Å². The van der Waals surface area contributed by atoms with Gasteiger partial charge in [-0.05, 0) is 48.0 Å². The quantitative estimate of drug-likeness (QED) is 0.920. The van der Waals surface area contributed by atoms with E-state index in [1.807, 2.05) is 18.7 Å². The number of aromatic nitrogens is 2. The lowest BCUT2D eigenvalue weighted by atomic mass is 9.84. The van der Waals surface area contributed by atoms with Gasteiger partial charge in [0.05, 0.1) is 28.3 Å². The Kier molecular flexibility index (Phi) is 4.00. The van der Waals surface area contributed by atoms with Gasteiger partial charge in [0, 0.05) is 13.1 Å². The number of aryl methyl sites for hydroxylation is 2. The van der Waals surface area contributed by atoms with Crippen molar-refractivity contribution in [3.8, 4) is 0 Å². The Morgan fingerprint density at radius 1 is 1.45 bits per heavy atom. The van der Waals surface area contributed by atoms with Crippen molar-refractivity contribution in [1.29, 1.82) is 0 Å². The second kappa shape index (κ2) is 5.60. The summed E-state index contributed by atoms with van der Waals surface area (Å²) in [5.41, 5.74) is 1.94. The largest absolute Gasteiger partial charge is 0.304 e. The molecular weight excluding hydrogens is 318 g/mol. The molecule has 1 aliphatic carbocycles. The Bertz CT molecular complexity index is 511. The summed E-state index contributed by atoms with van der Waals surface area (Å²) in [6.07, 6.45) is 6.66. The molecule has 1 saturated heterocycles. The molecule has 0 amide bonds. The fraction of sp³-hybridized carbons (Fsp3) is 0.733. The van der Waals surface area contributed by atoms with Gasteiger partial charge in [0.15, 0.2) is 5.78 Å². The maximum Gasteiger partial charge on any atom is 0.155 e. The highest BCUT2D eigenvalue weighted by Crippen LogP contribution is 2.34. The second-order valence-electron chi connectivity index (χ2n) is 6.22. The van der Waals surface area contributed by atoms with Gasteiger partial charge in [-0.25, -0.2) is 0 Å². The van der Waals surface area contributed by atoms with Crippen LogP contribution in [0.1, 0.15) is 43.5 Å². The van der Waals surface area contributed by atoms with Crippen molar-refractivity contribution in [3.05, 3.63) is 15.9 Å². The predicted molar refractivity (Wildman–Crippen MR) is 81.6 cm³/mol. The van der Waals surface area contributed by atoms with Gasteiger partial charge < -0.3 is 5.32 Å². The maximum atomic E-state index is 12.5. The van der Waals surface area contributed by atoms with Crippen LogP contribution in [-0.2, 0) is 18.3 Å². The minimum Gasteiger partial charge on any atom is -0.304 e. The summed E-state index contributed by atoms with van der Waals surface area (Å²) in [6, 6.07) is 0.625. The van der Waals surface area contributed by atoms with E-state index in [1.54, 1.807) is 0 Å². The van der Waals surface area contributed by atoms with Crippen LogP contribution >= 0.6 is 15.9 Å². The molecule has 1 aliphatic heterocycles. The average molecular weight is 340 g/mol. The van der Waals surface area contributed by atoms with E-state index in [1.165, 1.54) is 25.7 Å². The van der Waals surface area contributed by atoms with Gasteiger partial charge >= 0.3 is 0 Å². The summed E-state index contributed by atoms with van der Waals surface area (Å²) in [4.78, 5) is 12.5. The lowest BCUT2D eigenvalue weighted by molar-refractivity contribution is -0.120. The number of hydrogen-bond donors (Lipinski definition) is 1. The number of nitrogens with one attached hydrogen (secondary N) is 1. The number of rotatable bonds is 3. The molecule has 5 heteroatoms. The second-order valence-corrected chi connectivity index (χ2v) is 7.01. The van der Waals surface area contributed by atoms with Crippen molar-refractivity contribution < 1.29 is 4.79 Å². The molecule has 1 N–H and O–H groups in total.